The van der Waals surface area contributed by atoms with Crippen molar-refractivity contribution < 1.29 is 17.9 Å². The van der Waals surface area contributed by atoms with Gasteiger partial charge in [-0.3, -0.25) is 11.3 Å². The first-order valence-electron chi connectivity index (χ1n) is 6.20. The van der Waals surface area contributed by atoms with E-state index in [2.05, 4.69) is 5.43 Å². The number of nitrogens with one attached hydrogen (secondary N) is 1. The van der Waals surface area contributed by atoms with Crippen molar-refractivity contribution in [3.63, 3.8) is 0 Å². The summed E-state index contributed by atoms with van der Waals surface area (Å²) >= 11 is 0. The van der Waals surface area contributed by atoms with Crippen LogP contribution in [0.25, 0.3) is 0 Å². The fraction of sp³-hybridized carbons (Fsp3) is 0.538. The van der Waals surface area contributed by atoms with E-state index in [9.17, 15) is 13.2 Å². The second-order valence-electron chi connectivity index (χ2n) is 4.83. The van der Waals surface area contributed by atoms with Gasteiger partial charge in [0, 0.05) is 0 Å². The fourth-order valence-corrected chi connectivity index (χ4v) is 2.41. The summed E-state index contributed by atoms with van der Waals surface area (Å²) in [5, 5.41) is 0. The minimum Gasteiger partial charge on any atom is -0.373 e. The predicted molar refractivity (Wildman–Crippen MR) is 65.1 cm³/mol. The Balaban J connectivity index is 2.23. The summed E-state index contributed by atoms with van der Waals surface area (Å²) in [5.74, 6) is 5.48. The van der Waals surface area contributed by atoms with Crippen LogP contribution in [0.4, 0.5) is 13.2 Å². The van der Waals surface area contributed by atoms with Crippen LogP contribution < -0.4 is 11.3 Å². The molecule has 0 saturated carbocycles. The normalized spacial score (nSPS) is 25.5. The van der Waals surface area contributed by atoms with E-state index in [-0.39, 0.29) is 12.2 Å². The molecule has 1 saturated heterocycles. The quantitative estimate of drug-likeness (QED) is 0.658. The Hall–Kier alpha value is -1.11. The minimum atomic E-state index is -4.35. The predicted octanol–water partition coefficient (Wildman–Crippen LogP) is 2.78. The number of hydrogen-bond acceptors (Lipinski definition) is 3. The molecule has 3 nitrogen and oxygen atoms in total. The Kier molecular flexibility index (Phi) is 4.13. The number of halogens is 3. The van der Waals surface area contributed by atoms with Gasteiger partial charge in [-0.05, 0) is 37.5 Å². The number of rotatable bonds is 3. The van der Waals surface area contributed by atoms with Crippen LogP contribution in [0, 0.1) is 0 Å². The Labute approximate surface area is 109 Å². The van der Waals surface area contributed by atoms with Crippen LogP contribution in [0.15, 0.2) is 24.3 Å². The van der Waals surface area contributed by atoms with Crippen LogP contribution >= 0.6 is 0 Å². The Bertz CT molecular complexity index is 436. The van der Waals surface area contributed by atoms with Crippen LogP contribution in [-0.2, 0) is 10.9 Å². The van der Waals surface area contributed by atoms with E-state index >= 15 is 0 Å². The lowest BCUT2D eigenvalue weighted by molar-refractivity contribution is -0.137. The van der Waals surface area contributed by atoms with Gasteiger partial charge in [-0.25, -0.2) is 0 Å². The molecule has 0 aliphatic carbocycles. The molecule has 0 aromatic heterocycles. The lowest BCUT2D eigenvalue weighted by atomic mass is 9.98. The Morgan fingerprint density at radius 3 is 2.63 bits per heavy atom. The lowest BCUT2D eigenvalue weighted by Crippen LogP contribution is -2.36. The van der Waals surface area contributed by atoms with Gasteiger partial charge < -0.3 is 4.74 Å². The molecule has 1 aliphatic heterocycles. The maximum Gasteiger partial charge on any atom is 0.416 e. The van der Waals surface area contributed by atoms with Gasteiger partial charge in [0.05, 0.1) is 23.8 Å². The molecule has 1 aliphatic rings. The summed E-state index contributed by atoms with van der Waals surface area (Å²) in [6, 6.07) is 4.77. The molecule has 1 fully saturated rings. The topological polar surface area (TPSA) is 47.3 Å². The molecule has 1 aromatic rings. The largest absolute Gasteiger partial charge is 0.416 e. The highest BCUT2D eigenvalue weighted by Gasteiger charge is 2.33. The molecule has 1 aromatic carbocycles. The zero-order valence-electron chi connectivity index (χ0n) is 10.6. The molecular formula is C13H17F3N2O. The summed E-state index contributed by atoms with van der Waals surface area (Å²) < 4.78 is 43.7. The van der Waals surface area contributed by atoms with Crippen molar-refractivity contribution >= 4 is 0 Å². The number of benzene rings is 1. The molecule has 1 heterocycles. The molecule has 0 bridgehead atoms. The van der Waals surface area contributed by atoms with Gasteiger partial charge in [0.2, 0.25) is 0 Å². The van der Waals surface area contributed by atoms with Gasteiger partial charge in [0.25, 0.3) is 0 Å². The lowest BCUT2D eigenvalue weighted by Gasteiger charge is -2.24. The van der Waals surface area contributed by atoms with Crippen molar-refractivity contribution in [2.75, 3.05) is 0 Å². The van der Waals surface area contributed by atoms with Crippen molar-refractivity contribution in [2.45, 2.75) is 44.2 Å². The summed E-state index contributed by atoms with van der Waals surface area (Å²) in [6.07, 6.45) is -2.75. The number of ether oxygens (including phenoxy) is 1. The molecule has 0 radical (unpaired) electrons. The van der Waals surface area contributed by atoms with Gasteiger partial charge in [-0.15, -0.1) is 0 Å². The molecule has 3 atom stereocenters. The van der Waals surface area contributed by atoms with E-state index in [0.29, 0.717) is 5.56 Å². The first-order valence-corrected chi connectivity index (χ1v) is 6.20. The van der Waals surface area contributed by atoms with Gasteiger partial charge in [0.15, 0.2) is 0 Å². The van der Waals surface area contributed by atoms with Crippen molar-refractivity contribution in [3.8, 4) is 0 Å². The summed E-state index contributed by atoms with van der Waals surface area (Å²) in [7, 11) is 0. The van der Waals surface area contributed by atoms with E-state index in [1.165, 1.54) is 6.07 Å². The maximum absolute atomic E-state index is 12.7. The summed E-state index contributed by atoms with van der Waals surface area (Å²) in [4.78, 5) is 0. The summed E-state index contributed by atoms with van der Waals surface area (Å²) in [5.41, 5.74) is 2.39. The van der Waals surface area contributed by atoms with Gasteiger partial charge in [-0.2, -0.15) is 13.2 Å². The third-order valence-corrected chi connectivity index (χ3v) is 3.39. The average molecular weight is 274 g/mol. The smallest absolute Gasteiger partial charge is 0.373 e. The minimum absolute atomic E-state index is 0.117. The first kappa shape index (κ1) is 14.3. The molecule has 0 spiro atoms. The molecule has 2 rings (SSSR count). The molecule has 3 N–H and O–H groups in total. The van der Waals surface area contributed by atoms with Crippen molar-refractivity contribution in [3.05, 3.63) is 35.4 Å². The average Bonchev–Trinajstić information content (AvgIpc) is 2.76. The van der Waals surface area contributed by atoms with Gasteiger partial charge >= 0.3 is 6.18 Å². The number of alkyl halides is 3. The SMILES string of the molecule is CC1CCC(C(NN)c2cccc(C(F)(F)F)c2)O1. The fourth-order valence-electron chi connectivity index (χ4n) is 2.41. The van der Waals surface area contributed by atoms with E-state index in [1.54, 1.807) is 6.07 Å². The van der Waals surface area contributed by atoms with Crippen LogP contribution in [-0.4, -0.2) is 12.2 Å². The monoisotopic (exact) mass is 274 g/mol. The van der Waals surface area contributed by atoms with Gasteiger partial charge in [0.1, 0.15) is 0 Å². The number of hydrazine groups is 1. The number of hydrogen-bond donors (Lipinski definition) is 2. The zero-order valence-corrected chi connectivity index (χ0v) is 10.6. The molecule has 106 valence electrons. The third kappa shape index (κ3) is 3.26. The van der Waals surface area contributed by atoms with Crippen molar-refractivity contribution in [1.29, 1.82) is 0 Å². The van der Waals surface area contributed by atoms with Crippen LogP contribution in [0.5, 0.6) is 0 Å². The highest BCUT2D eigenvalue weighted by Crippen LogP contribution is 2.34. The zero-order chi connectivity index (χ0) is 14.0. The van der Waals surface area contributed by atoms with E-state index < -0.39 is 17.8 Å². The van der Waals surface area contributed by atoms with Crippen molar-refractivity contribution in [2.24, 2.45) is 5.84 Å². The summed E-state index contributed by atoms with van der Waals surface area (Å²) in [6.45, 7) is 1.94. The molecule has 6 heteroatoms. The third-order valence-electron chi connectivity index (χ3n) is 3.39. The number of nitrogens with two attached hydrogens (primary N) is 1. The van der Waals surface area contributed by atoms with E-state index in [1.807, 2.05) is 6.92 Å². The first-order chi connectivity index (χ1) is 8.91. The second-order valence-corrected chi connectivity index (χ2v) is 4.83. The Morgan fingerprint density at radius 2 is 2.11 bits per heavy atom. The van der Waals surface area contributed by atoms with E-state index in [4.69, 9.17) is 10.6 Å². The molecule has 19 heavy (non-hydrogen) atoms. The van der Waals surface area contributed by atoms with Crippen LogP contribution in [0.2, 0.25) is 0 Å². The van der Waals surface area contributed by atoms with Crippen LogP contribution in [0.3, 0.4) is 0 Å². The highest BCUT2D eigenvalue weighted by atomic mass is 19.4. The highest BCUT2D eigenvalue weighted by molar-refractivity contribution is 5.28. The maximum atomic E-state index is 12.7. The second kappa shape index (κ2) is 5.48. The molecule has 3 unspecified atom stereocenters. The standard InChI is InChI=1S/C13H17F3N2O/c1-8-5-6-11(19-8)12(18-17)9-3-2-4-10(7-9)13(14,15)16/h2-4,7-8,11-12,18H,5-6,17H2,1H3. The Morgan fingerprint density at radius 1 is 1.37 bits per heavy atom. The molecule has 0 amide bonds. The van der Waals surface area contributed by atoms with Crippen molar-refractivity contribution in [1.82, 2.24) is 5.43 Å². The molecular weight excluding hydrogens is 257 g/mol. The van der Waals surface area contributed by atoms with Crippen LogP contribution in [0.1, 0.15) is 36.9 Å². The van der Waals surface area contributed by atoms with E-state index in [0.717, 1.165) is 25.0 Å². The van der Waals surface area contributed by atoms with Gasteiger partial charge in [-0.1, -0.05) is 12.1 Å².